The number of hydrogen-bond acceptors (Lipinski definition) is 3. The SMILES string of the molecule is CCN=c1scc(-c2cc(C)c(C)cc2C)n1/N=C/c1c[nH]c2ccccc12. The number of H-pyrrole nitrogens is 1. The average Bonchev–Trinajstić information content (AvgIpc) is 3.27. The fourth-order valence-corrected chi connectivity index (χ4v) is 4.29. The third-order valence-corrected chi connectivity index (χ3v) is 5.88. The van der Waals surface area contributed by atoms with Crippen LogP contribution in [0.3, 0.4) is 0 Å². The topological polar surface area (TPSA) is 45.4 Å². The van der Waals surface area contributed by atoms with E-state index in [4.69, 9.17) is 5.10 Å². The van der Waals surface area contributed by atoms with Gasteiger partial charge in [0.05, 0.1) is 11.9 Å². The molecule has 0 aliphatic rings. The van der Waals surface area contributed by atoms with Crippen molar-refractivity contribution in [3.8, 4) is 11.3 Å². The molecule has 2 heterocycles. The molecule has 0 unspecified atom stereocenters. The fraction of sp³-hybridized carbons (Fsp3) is 0.217. The van der Waals surface area contributed by atoms with Crippen LogP contribution < -0.4 is 4.80 Å². The Morgan fingerprint density at radius 3 is 2.68 bits per heavy atom. The van der Waals surface area contributed by atoms with E-state index in [1.165, 1.54) is 27.6 Å². The summed E-state index contributed by atoms with van der Waals surface area (Å²) in [6, 6.07) is 12.8. The maximum absolute atomic E-state index is 4.84. The Balaban J connectivity index is 1.86. The molecule has 0 fully saturated rings. The molecule has 0 atom stereocenters. The van der Waals surface area contributed by atoms with Gasteiger partial charge in [0.25, 0.3) is 0 Å². The molecule has 0 aliphatic heterocycles. The minimum atomic E-state index is 0.731. The van der Waals surface area contributed by atoms with Gasteiger partial charge in [0.15, 0.2) is 0 Å². The smallest absolute Gasteiger partial charge is 0.206 e. The summed E-state index contributed by atoms with van der Waals surface area (Å²) in [6.07, 6.45) is 3.92. The molecule has 4 nitrogen and oxygen atoms in total. The van der Waals surface area contributed by atoms with Crippen molar-refractivity contribution >= 4 is 28.5 Å². The maximum Gasteiger partial charge on any atom is 0.206 e. The molecule has 0 bridgehead atoms. The van der Waals surface area contributed by atoms with Crippen LogP contribution in [0.5, 0.6) is 0 Å². The highest BCUT2D eigenvalue weighted by molar-refractivity contribution is 7.07. The van der Waals surface area contributed by atoms with Gasteiger partial charge in [-0.3, -0.25) is 4.99 Å². The van der Waals surface area contributed by atoms with Crippen LogP contribution in [-0.4, -0.2) is 22.4 Å². The van der Waals surface area contributed by atoms with Gasteiger partial charge in [-0.1, -0.05) is 24.3 Å². The van der Waals surface area contributed by atoms with E-state index >= 15 is 0 Å². The Hall–Kier alpha value is -2.92. The zero-order chi connectivity index (χ0) is 19.7. The summed E-state index contributed by atoms with van der Waals surface area (Å²) in [5.74, 6) is 0. The third-order valence-electron chi connectivity index (χ3n) is 5.03. The molecule has 4 rings (SSSR count). The van der Waals surface area contributed by atoms with Gasteiger partial charge in [0, 0.05) is 40.2 Å². The molecule has 0 saturated heterocycles. The molecule has 1 N–H and O–H groups in total. The van der Waals surface area contributed by atoms with Gasteiger partial charge < -0.3 is 4.98 Å². The lowest BCUT2D eigenvalue weighted by molar-refractivity contribution is 0.832. The quantitative estimate of drug-likeness (QED) is 0.453. The van der Waals surface area contributed by atoms with E-state index < -0.39 is 0 Å². The van der Waals surface area contributed by atoms with Crippen LogP contribution in [-0.2, 0) is 0 Å². The van der Waals surface area contributed by atoms with Gasteiger partial charge in [0.1, 0.15) is 0 Å². The van der Waals surface area contributed by atoms with Crippen LogP contribution in [0.15, 0.2) is 58.1 Å². The van der Waals surface area contributed by atoms with E-state index in [0.717, 1.165) is 28.1 Å². The number of rotatable bonds is 4. The number of aromatic nitrogens is 2. The summed E-state index contributed by atoms with van der Waals surface area (Å²) in [5.41, 5.74) is 8.31. The summed E-state index contributed by atoms with van der Waals surface area (Å²) in [7, 11) is 0. The second kappa shape index (κ2) is 7.60. The Bertz CT molecular complexity index is 1240. The van der Waals surface area contributed by atoms with Gasteiger partial charge in [-0.2, -0.15) is 5.10 Å². The third kappa shape index (κ3) is 3.34. The Morgan fingerprint density at radius 2 is 1.86 bits per heavy atom. The highest BCUT2D eigenvalue weighted by Gasteiger charge is 2.11. The molecule has 2 aromatic heterocycles. The van der Waals surface area contributed by atoms with E-state index in [1.54, 1.807) is 11.3 Å². The first-order chi connectivity index (χ1) is 13.6. The normalized spacial score (nSPS) is 12.5. The molecule has 0 saturated carbocycles. The minimum Gasteiger partial charge on any atom is -0.361 e. The number of aryl methyl sites for hydroxylation is 3. The predicted molar refractivity (Wildman–Crippen MR) is 119 cm³/mol. The second-order valence-electron chi connectivity index (χ2n) is 6.98. The van der Waals surface area contributed by atoms with E-state index in [1.807, 2.05) is 36.1 Å². The number of nitrogens with one attached hydrogen (secondary N) is 1. The highest BCUT2D eigenvalue weighted by atomic mass is 32.1. The molecule has 5 heteroatoms. The largest absolute Gasteiger partial charge is 0.361 e. The number of aromatic amines is 1. The standard InChI is InChI=1S/C23H24N4S/c1-5-24-23-27(26-13-18-12-25-21-9-7-6-8-19(18)21)22(14-28-23)20-11-16(3)15(2)10-17(20)4/h6-14,25H,5H2,1-4H3/b24-23?,26-13+. The lowest BCUT2D eigenvalue weighted by Crippen LogP contribution is -2.12. The minimum absolute atomic E-state index is 0.731. The molecule has 0 radical (unpaired) electrons. The molecular formula is C23H24N4S. The summed E-state index contributed by atoms with van der Waals surface area (Å²) < 4.78 is 1.97. The van der Waals surface area contributed by atoms with Gasteiger partial charge in [-0.15, -0.1) is 11.3 Å². The molecule has 2 aromatic carbocycles. The summed E-state index contributed by atoms with van der Waals surface area (Å²) >= 11 is 1.63. The first-order valence-electron chi connectivity index (χ1n) is 9.48. The predicted octanol–water partition coefficient (Wildman–Crippen LogP) is 5.43. The fourth-order valence-electron chi connectivity index (χ4n) is 3.40. The van der Waals surface area contributed by atoms with Crippen molar-refractivity contribution in [3.05, 3.63) is 75.0 Å². The molecule has 142 valence electrons. The monoisotopic (exact) mass is 388 g/mol. The lowest BCUT2D eigenvalue weighted by Gasteiger charge is -2.10. The highest BCUT2D eigenvalue weighted by Crippen LogP contribution is 2.27. The van der Waals surface area contributed by atoms with Crippen LogP contribution in [0, 0.1) is 20.8 Å². The van der Waals surface area contributed by atoms with Gasteiger partial charge in [-0.25, -0.2) is 4.68 Å². The zero-order valence-electron chi connectivity index (χ0n) is 16.7. The number of benzene rings is 2. The van der Waals surface area contributed by atoms with E-state index in [2.05, 4.69) is 60.4 Å². The van der Waals surface area contributed by atoms with Crippen molar-refractivity contribution in [2.45, 2.75) is 27.7 Å². The van der Waals surface area contributed by atoms with Crippen molar-refractivity contribution in [3.63, 3.8) is 0 Å². The van der Waals surface area contributed by atoms with Gasteiger partial charge in [0.2, 0.25) is 4.80 Å². The summed E-state index contributed by atoms with van der Waals surface area (Å²) in [4.78, 5) is 8.86. The van der Waals surface area contributed by atoms with Crippen LogP contribution in [0.25, 0.3) is 22.2 Å². The number of para-hydroxylation sites is 1. The van der Waals surface area contributed by atoms with Crippen LogP contribution in [0.4, 0.5) is 0 Å². The molecule has 28 heavy (non-hydrogen) atoms. The second-order valence-corrected chi connectivity index (χ2v) is 7.81. The summed E-state index contributed by atoms with van der Waals surface area (Å²) in [6.45, 7) is 9.25. The van der Waals surface area contributed by atoms with Gasteiger partial charge in [-0.05, 0) is 56.5 Å². The van der Waals surface area contributed by atoms with E-state index in [9.17, 15) is 0 Å². The molecular weight excluding hydrogens is 364 g/mol. The van der Waals surface area contributed by atoms with Crippen LogP contribution >= 0.6 is 11.3 Å². The zero-order valence-corrected chi connectivity index (χ0v) is 17.5. The van der Waals surface area contributed by atoms with E-state index in [-0.39, 0.29) is 0 Å². The summed E-state index contributed by atoms with van der Waals surface area (Å²) in [5, 5.41) is 8.15. The average molecular weight is 389 g/mol. The number of nitrogens with zero attached hydrogens (tertiary/aromatic N) is 3. The number of hydrogen-bond donors (Lipinski definition) is 1. The molecule has 0 spiro atoms. The molecule has 4 aromatic rings. The van der Waals surface area contributed by atoms with Crippen molar-refractivity contribution in [1.29, 1.82) is 0 Å². The Morgan fingerprint density at radius 1 is 1.07 bits per heavy atom. The first-order valence-corrected chi connectivity index (χ1v) is 10.4. The number of fused-ring (bicyclic) bond motifs is 1. The van der Waals surface area contributed by atoms with Crippen LogP contribution in [0.2, 0.25) is 0 Å². The first kappa shape index (κ1) is 18.4. The van der Waals surface area contributed by atoms with Crippen molar-refractivity contribution < 1.29 is 0 Å². The number of thiazole rings is 1. The van der Waals surface area contributed by atoms with Crippen LogP contribution in [0.1, 0.15) is 29.2 Å². The lowest BCUT2D eigenvalue weighted by atomic mass is 9.99. The maximum atomic E-state index is 4.84. The Labute approximate surface area is 168 Å². The van der Waals surface area contributed by atoms with Crippen molar-refractivity contribution in [2.24, 2.45) is 10.1 Å². The van der Waals surface area contributed by atoms with Gasteiger partial charge >= 0.3 is 0 Å². The Kier molecular flexibility index (Phi) is 5.01. The molecule has 0 aliphatic carbocycles. The van der Waals surface area contributed by atoms with Crippen molar-refractivity contribution in [1.82, 2.24) is 9.66 Å². The molecule has 0 amide bonds. The van der Waals surface area contributed by atoms with E-state index in [0.29, 0.717) is 0 Å². The van der Waals surface area contributed by atoms with Crippen molar-refractivity contribution in [2.75, 3.05) is 6.54 Å².